The van der Waals surface area contributed by atoms with Crippen molar-refractivity contribution in [3.63, 3.8) is 0 Å². The molecule has 1 N–H and O–H groups in total. The smallest absolute Gasteiger partial charge is 0.241 e. The standard InChI is InChI=1S/C24H25ClN4O3/c1-2-14-31-19-11-9-18(10-12-19)26-24(30)17-6-5-13-29(15-17)16-22-27-23(28-32-22)20-7-3-4-8-21(20)25/h2-4,7-12,17H,1,5-6,13-16H2,(H,26,30). The molecule has 3 aromatic rings. The number of rotatable bonds is 8. The fraction of sp³-hybridized carbons (Fsp3) is 0.292. The van der Waals surface area contributed by atoms with Crippen LogP contribution >= 0.6 is 11.6 Å². The maximum absolute atomic E-state index is 12.8. The highest BCUT2D eigenvalue weighted by Crippen LogP contribution is 2.26. The molecule has 32 heavy (non-hydrogen) atoms. The van der Waals surface area contributed by atoms with Crippen molar-refractivity contribution in [3.05, 3.63) is 72.1 Å². The highest BCUT2D eigenvalue weighted by atomic mass is 35.5. The summed E-state index contributed by atoms with van der Waals surface area (Å²) in [7, 11) is 0. The van der Waals surface area contributed by atoms with Crippen molar-refractivity contribution in [1.29, 1.82) is 0 Å². The Balaban J connectivity index is 1.33. The average molecular weight is 453 g/mol. The zero-order chi connectivity index (χ0) is 22.3. The number of hydrogen-bond acceptors (Lipinski definition) is 6. The number of piperidine rings is 1. The van der Waals surface area contributed by atoms with E-state index in [1.807, 2.05) is 42.5 Å². The van der Waals surface area contributed by atoms with Crippen LogP contribution < -0.4 is 10.1 Å². The Morgan fingerprint density at radius 3 is 2.88 bits per heavy atom. The summed E-state index contributed by atoms with van der Waals surface area (Å²) in [6.07, 6.45) is 3.46. The van der Waals surface area contributed by atoms with E-state index in [1.165, 1.54) is 0 Å². The van der Waals surface area contributed by atoms with Gasteiger partial charge in [0.2, 0.25) is 17.6 Å². The maximum atomic E-state index is 12.8. The molecule has 0 aliphatic carbocycles. The van der Waals surface area contributed by atoms with E-state index in [9.17, 15) is 4.79 Å². The average Bonchev–Trinajstić information content (AvgIpc) is 3.27. The van der Waals surface area contributed by atoms with E-state index < -0.39 is 0 Å². The summed E-state index contributed by atoms with van der Waals surface area (Å²) in [5.74, 6) is 1.62. The minimum absolute atomic E-state index is 0.0109. The van der Waals surface area contributed by atoms with Crippen molar-refractivity contribution in [2.45, 2.75) is 19.4 Å². The first-order valence-corrected chi connectivity index (χ1v) is 10.9. The monoisotopic (exact) mass is 452 g/mol. The van der Waals surface area contributed by atoms with E-state index in [1.54, 1.807) is 12.1 Å². The van der Waals surface area contributed by atoms with Gasteiger partial charge >= 0.3 is 0 Å². The number of benzene rings is 2. The molecule has 8 heteroatoms. The molecule has 1 unspecified atom stereocenters. The normalized spacial score (nSPS) is 16.5. The SMILES string of the molecule is C=CCOc1ccc(NC(=O)C2CCCN(Cc3nc(-c4ccccc4Cl)no3)C2)cc1. The Bertz CT molecular complexity index is 1070. The zero-order valence-electron chi connectivity index (χ0n) is 17.7. The van der Waals surface area contributed by atoms with E-state index >= 15 is 0 Å². The molecule has 1 saturated heterocycles. The number of anilines is 1. The van der Waals surface area contributed by atoms with Crippen LogP contribution in [-0.2, 0) is 11.3 Å². The number of nitrogens with one attached hydrogen (secondary N) is 1. The fourth-order valence-corrected chi connectivity index (χ4v) is 3.93. The van der Waals surface area contributed by atoms with Gasteiger partial charge in [0.05, 0.1) is 17.5 Å². The van der Waals surface area contributed by atoms with Crippen LogP contribution in [0.4, 0.5) is 5.69 Å². The molecular weight excluding hydrogens is 428 g/mol. The van der Waals surface area contributed by atoms with E-state index in [2.05, 4.69) is 26.9 Å². The van der Waals surface area contributed by atoms with Gasteiger partial charge in [-0.15, -0.1) is 0 Å². The van der Waals surface area contributed by atoms with Crippen LogP contribution in [0.5, 0.6) is 5.75 Å². The molecule has 2 heterocycles. The van der Waals surface area contributed by atoms with Crippen molar-refractivity contribution in [1.82, 2.24) is 15.0 Å². The topological polar surface area (TPSA) is 80.5 Å². The molecule has 4 rings (SSSR count). The number of hydrogen-bond donors (Lipinski definition) is 1. The van der Waals surface area contributed by atoms with Crippen LogP contribution in [0.25, 0.3) is 11.4 Å². The first kappa shape index (κ1) is 22.0. The van der Waals surface area contributed by atoms with E-state index in [-0.39, 0.29) is 11.8 Å². The van der Waals surface area contributed by atoms with Gasteiger partial charge in [0.15, 0.2) is 0 Å². The van der Waals surface area contributed by atoms with Gasteiger partial charge in [-0.2, -0.15) is 4.98 Å². The number of carbonyl (C=O) groups is 1. The van der Waals surface area contributed by atoms with Crippen molar-refractivity contribution in [2.24, 2.45) is 5.92 Å². The van der Waals surface area contributed by atoms with E-state index in [0.29, 0.717) is 36.4 Å². The molecule has 0 saturated carbocycles. The highest BCUT2D eigenvalue weighted by Gasteiger charge is 2.27. The van der Waals surface area contributed by atoms with Crippen LogP contribution in [0.1, 0.15) is 18.7 Å². The molecule has 1 amide bonds. The second-order valence-electron chi connectivity index (χ2n) is 7.68. The molecule has 1 aliphatic rings. The molecule has 1 atom stereocenters. The van der Waals surface area contributed by atoms with Crippen molar-refractivity contribution in [3.8, 4) is 17.1 Å². The van der Waals surface area contributed by atoms with E-state index in [0.717, 1.165) is 36.4 Å². The van der Waals surface area contributed by atoms with Crippen LogP contribution in [0, 0.1) is 5.92 Å². The van der Waals surface area contributed by atoms with Crippen molar-refractivity contribution >= 4 is 23.2 Å². The molecule has 166 valence electrons. The molecule has 2 aromatic carbocycles. The first-order chi connectivity index (χ1) is 15.6. The lowest BCUT2D eigenvalue weighted by atomic mass is 9.97. The van der Waals surface area contributed by atoms with Crippen molar-refractivity contribution in [2.75, 3.05) is 25.0 Å². The van der Waals surface area contributed by atoms with Crippen molar-refractivity contribution < 1.29 is 14.1 Å². The minimum atomic E-state index is -0.105. The number of nitrogens with zero attached hydrogens (tertiary/aromatic N) is 3. The summed E-state index contributed by atoms with van der Waals surface area (Å²) in [5, 5.41) is 7.64. The predicted molar refractivity (Wildman–Crippen MR) is 124 cm³/mol. The number of aromatic nitrogens is 2. The largest absolute Gasteiger partial charge is 0.490 e. The number of amides is 1. The predicted octanol–water partition coefficient (Wildman–Crippen LogP) is 4.81. The quantitative estimate of drug-likeness (QED) is 0.494. The zero-order valence-corrected chi connectivity index (χ0v) is 18.4. The van der Waals surface area contributed by atoms with Crippen LogP contribution in [-0.4, -0.2) is 40.6 Å². The summed E-state index contributed by atoms with van der Waals surface area (Å²) >= 11 is 6.22. The third kappa shape index (κ3) is 5.55. The lowest BCUT2D eigenvalue weighted by Crippen LogP contribution is -2.40. The highest BCUT2D eigenvalue weighted by molar-refractivity contribution is 6.33. The summed E-state index contributed by atoms with van der Waals surface area (Å²) in [6.45, 7) is 6.09. The lowest BCUT2D eigenvalue weighted by molar-refractivity contribution is -0.121. The Hall–Kier alpha value is -3.16. The lowest BCUT2D eigenvalue weighted by Gasteiger charge is -2.30. The van der Waals surface area contributed by atoms with Gasteiger partial charge in [0.1, 0.15) is 12.4 Å². The maximum Gasteiger partial charge on any atom is 0.241 e. The summed E-state index contributed by atoms with van der Waals surface area (Å²) in [4.78, 5) is 19.5. The van der Waals surface area contributed by atoms with Gasteiger partial charge < -0.3 is 14.6 Å². The molecule has 1 fully saturated rings. The molecule has 1 aromatic heterocycles. The second-order valence-corrected chi connectivity index (χ2v) is 8.09. The number of halogens is 1. The Morgan fingerprint density at radius 2 is 2.09 bits per heavy atom. The molecular formula is C24H25ClN4O3. The first-order valence-electron chi connectivity index (χ1n) is 10.6. The minimum Gasteiger partial charge on any atom is -0.490 e. The van der Waals surface area contributed by atoms with Gasteiger partial charge in [-0.05, 0) is 55.8 Å². The van der Waals surface area contributed by atoms with Crippen LogP contribution in [0.2, 0.25) is 5.02 Å². The molecule has 1 aliphatic heterocycles. The fourth-order valence-electron chi connectivity index (χ4n) is 3.71. The van der Waals surface area contributed by atoms with Crippen LogP contribution in [0.3, 0.4) is 0 Å². The molecule has 0 bridgehead atoms. The molecule has 7 nitrogen and oxygen atoms in total. The Labute approximate surface area is 192 Å². The second kappa shape index (κ2) is 10.4. The third-order valence-corrected chi connectivity index (χ3v) is 5.64. The molecule has 0 radical (unpaired) electrons. The number of carbonyl (C=O) groups excluding carboxylic acids is 1. The Kier molecular flexibility index (Phi) is 7.19. The molecule has 0 spiro atoms. The Morgan fingerprint density at radius 1 is 1.28 bits per heavy atom. The van der Waals surface area contributed by atoms with Gasteiger partial charge in [-0.25, -0.2) is 0 Å². The van der Waals surface area contributed by atoms with Gasteiger partial charge in [0, 0.05) is 17.8 Å². The summed E-state index contributed by atoms with van der Waals surface area (Å²) in [6, 6.07) is 14.7. The number of ether oxygens (including phenoxy) is 1. The van der Waals surface area contributed by atoms with Crippen LogP contribution in [0.15, 0.2) is 65.7 Å². The van der Waals surface area contributed by atoms with Gasteiger partial charge in [-0.3, -0.25) is 9.69 Å². The summed E-state index contributed by atoms with van der Waals surface area (Å²) < 4.78 is 10.9. The van der Waals surface area contributed by atoms with Gasteiger partial charge in [0.25, 0.3) is 0 Å². The number of likely N-dealkylation sites (tertiary alicyclic amines) is 1. The summed E-state index contributed by atoms with van der Waals surface area (Å²) in [5.41, 5.74) is 1.49. The van der Waals surface area contributed by atoms with Gasteiger partial charge in [-0.1, -0.05) is 41.5 Å². The third-order valence-electron chi connectivity index (χ3n) is 5.31. The van der Waals surface area contributed by atoms with E-state index in [4.69, 9.17) is 20.9 Å².